The Hall–Kier alpha value is -4.66. The van der Waals surface area contributed by atoms with Gasteiger partial charge in [-0.05, 0) is 54.1 Å². The summed E-state index contributed by atoms with van der Waals surface area (Å²) in [5.41, 5.74) is 4.23. The molecule has 0 spiro atoms. The van der Waals surface area contributed by atoms with Gasteiger partial charge < -0.3 is 20.5 Å². The second-order valence-corrected chi connectivity index (χ2v) is 12.4. The van der Waals surface area contributed by atoms with Crippen molar-refractivity contribution in [3.05, 3.63) is 96.1 Å². The number of carbonyl (C=O) groups is 2. The molecular formula is C30H28N3O8PS. The molecule has 0 aliphatic heterocycles. The molecule has 43 heavy (non-hydrogen) atoms. The summed E-state index contributed by atoms with van der Waals surface area (Å²) in [7, 11) is -8.09. The van der Waals surface area contributed by atoms with E-state index in [0.717, 1.165) is 0 Å². The lowest BCUT2D eigenvalue weighted by atomic mass is 10.1. The number of fused-ring (bicyclic) bond motifs is 1. The highest BCUT2D eigenvalue weighted by atomic mass is 32.2. The first kappa shape index (κ1) is 31.3. The summed E-state index contributed by atoms with van der Waals surface area (Å²) >= 11 is 0. The number of terminal acetylenes is 1. The van der Waals surface area contributed by atoms with Crippen molar-refractivity contribution in [3.8, 4) is 17.8 Å². The smallest absolute Gasteiger partial charge is 0.367 e. The third-order valence-corrected chi connectivity index (χ3v) is 8.37. The predicted octanol–water partition coefficient (Wildman–Crippen LogP) is 5.27. The molecule has 1 amide bonds. The van der Waals surface area contributed by atoms with E-state index in [2.05, 4.69) is 21.4 Å². The average Bonchev–Trinajstić information content (AvgIpc) is 2.98. The zero-order chi connectivity index (χ0) is 31.0. The van der Waals surface area contributed by atoms with E-state index in [4.69, 9.17) is 15.7 Å². The number of benzene rings is 4. The Bertz CT molecular complexity index is 1840. The number of carbonyl (C=O) groups excluding carboxylic acids is 2. The molecule has 1 unspecified atom stereocenters. The summed E-state index contributed by atoms with van der Waals surface area (Å²) in [6.45, 7) is 1.85. The Kier molecular flexibility index (Phi) is 9.85. The molecule has 0 heterocycles. The molecule has 0 saturated carbocycles. The first-order chi connectivity index (χ1) is 20.5. The van der Waals surface area contributed by atoms with Crippen LogP contribution in [0.1, 0.15) is 22.8 Å². The van der Waals surface area contributed by atoms with Crippen LogP contribution in [0.5, 0.6) is 5.75 Å². The monoisotopic (exact) mass is 621 g/mol. The summed E-state index contributed by atoms with van der Waals surface area (Å²) in [5.74, 6) is -0.409. The quantitative estimate of drug-likeness (QED) is 0.0410. The summed E-state index contributed by atoms with van der Waals surface area (Å²) in [6, 6.07) is 22.3. The average molecular weight is 622 g/mol. The van der Waals surface area contributed by atoms with Crippen molar-refractivity contribution in [2.24, 2.45) is 0 Å². The maximum Gasteiger partial charge on any atom is 0.367 e. The summed E-state index contributed by atoms with van der Waals surface area (Å²) in [6.07, 6.45) is 5.48. The van der Waals surface area contributed by atoms with E-state index in [1.54, 1.807) is 78.9 Å². The third kappa shape index (κ3) is 8.44. The molecule has 0 bridgehead atoms. The van der Waals surface area contributed by atoms with Crippen LogP contribution in [-0.2, 0) is 30.6 Å². The fourth-order valence-electron chi connectivity index (χ4n) is 4.09. The summed E-state index contributed by atoms with van der Waals surface area (Å²) in [5, 5.41) is 9.65. The lowest BCUT2D eigenvalue weighted by Gasteiger charge is -2.16. The van der Waals surface area contributed by atoms with Crippen LogP contribution >= 0.6 is 7.52 Å². The Morgan fingerprint density at radius 1 is 0.930 bits per heavy atom. The van der Waals surface area contributed by atoms with E-state index in [1.165, 1.54) is 13.0 Å². The lowest BCUT2D eigenvalue weighted by Crippen LogP contribution is -2.28. The lowest BCUT2D eigenvalue weighted by molar-refractivity contribution is -0.131. The first-order valence-corrected chi connectivity index (χ1v) is 15.9. The molecule has 0 aliphatic rings. The van der Waals surface area contributed by atoms with Crippen molar-refractivity contribution >= 4 is 51.7 Å². The number of anilines is 2. The number of amides is 1. The van der Waals surface area contributed by atoms with Crippen molar-refractivity contribution < 1.29 is 36.4 Å². The van der Waals surface area contributed by atoms with Crippen LogP contribution in [0.2, 0.25) is 0 Å². The van der Waals surface area contributed by atoms with Gasteiger partial charge >= 0.3 is 13.5 Å². The van der Waals surface area contributed by atoms with Crippen LogP contribution in [0.25, 0.3) is 10.8 Å². The largest absolute Gasteiger partial charge is 0.427 e. The van der Waals surface area contributed by atoms with E-state index in [-0.39, 0.29) is 24.0 Å². The van der Waals surface area contributed by atoms with Crippen LogP contribution in [0.15, 0.2) is 89.8 Å². The molecule has 4 rings (SSSR count). The molecule has 0 fully saturated rings. The summed E-state index contributed by atoms with van der Waals surface area (Å²) in [4.78, 5) is 23.5. The Labute approximate surface area is 248 Å². The van der Waals surface area contributed by atoms with Crippen LogP contribution in [-0.4, -0.2) is 37.9 Å². The van der Waals surface area contributed by atoms with Gasteiger partial charge in [0, 0.05) is 53.4 Å². The van der Waals surface area contributed by atoms with Gasteiger partial charge in [0.1, 0.15) is 10.6 Å². The number of hydrogen-bond donors (Lipinski definition) is 4. The van der Waals surface area contributed by atoms with Crippen LogP contribution < -0.4 is 20.5 Å². The molecule has 0 aliphatic carbocycles. The van der Waals surface area contributed by atoms with Crippen LogP contribution in [0.4, 0.5) is 11.4 Å². The van der Waals surface area contributed by atoms with Gasteiger partial charge in [0.05, 0.1) is 6.61 Å². The zero-order valence-electron chi connectivity index (χ0n) is 22.9. The molecule has 0 aromatic heterocycles. The SMILES string of the molecule is C#CP(=O)(Nc1ccc(C(=O)NCCNc2cccc3c(S(=O)(=O)O)cccc23)cc1)OCc1ccc(OC(C)=O)cc1. The van der Waals surface area contributed by atoms with E-state index in [9.17, 15) is 27.1 Å². The maximum absolute atomic E-state index is 13.0. The first-order valence-electron chi connectivity index (χ1n) is 12.9. The third-order valence-electron chi connectivity index (χ3n) is 6.08. The standard InChI is InChI=1S/C30H28N3O8PS/c1-3-42(36,40-20-22-10-16-25(17-11-22)41-21(2)34)33-24-14-12-23(13-15-24)30(35)32-19-18-31-28-8-4-7-27-26(28)6-5-9-29(27)43(37,38)39/h1,4-17,31H,18-20H2,2H3,(H,32,35)(H,33,36)(H,37,38,39). The number of ether oxygens (including phenoxy) is 1. The normalized spacial score (nSPS) is 12.5. The van der Waals surface area contributed by atoms with Crippen molar-refractivity contribution in [1.82, 2.24) is 5.32 Å². The maximum atomic E-state index is 13.0. The van der Waals surface area contributed by atoms with Gasteiger partial charge in [-0.15, -0.1) is 6.42 Å². The minimum Gasteiger partial charge on any atom is -0.427 e. The molecular weight excluding hydrogens is 593 g/mol. The Morgan fingerprint density at radius 3 is 2.26 bits per heavy atom. The van der Waals surface area contributed by atoms with Crippen molar-refractivity contribution in [2.75, 3.05) is 23.5 Å². The van der Waals surface area contributed by atoms with Crippen molar-refractivity contribution in [1.29, 1.82) is 0 Å². The fraction of sp³-hybridized carbons (Fsp3) is 0.133. The minimum absolute atomic E-state index is 0.0518. The van der Waals surface area contributed by atoms with E-state index in [1.807, 2.05) is 0 Å². The fourth-order valence-corrected chi connectivity index (χ4v) is 5.82. The highest BCUT2D eigenvalue weighted by Crippen LogP contribution is 2.46. The Morgan fingerprint density at radius 2 is 1.60 bits per heavy atom. The van der Waals surface area contributed by atoms with Gasteiger partial charge in [0.2, 0.25) is 0 Å². The van der Waals surface area contributed by atoms with Gasteiger partial charge in [0.25, 0.3) is 16.0 Å². The van der Waals surface area contributed by atoms with Crippen molar-refractivity contribution in [3.63, 3.8) is 0 Å². The molecule has 0 saturated heterocycles. The predicted molar refractivity (Wildman–Crippen MR) is 164 cm³/mol. The molecule has 4 aromatic carbocycles. The van der Waals surface area contributed by atoms with Gasteiger partial charge in [-0.1, -0.05) is 36.4 Å². The van der Waals surface area contributed by atoms with E-state index < -0.39 is 23.6 Å². The molecule has 4 N–H and O–H groups in total. The molecule has 4 aromatic rings. The van der Waals surface area contributed by atoms with E-state index >= 15 is 0 Å². The Balaban J connectivity index is 1.29. The second kappa shape index (κ2) is 13.5. The number of hydrogen-bond acceptors (Lipinski definition) is 8. The zero-order valence-corrected chi connectivity index (χ0v) is 24.7. The molecule has 222 valence electrons. The number of esters is 1. The van der Waals surface area contributed by atoms with E-state index in [0.29, 0.717) is 45.6 Å². The molecule has 13 heteroatoms. The van der Waals surface area contributed by atoms with Gasteiger partial charge in [-0.25, -0.2) is 0 Å². The molecule has 1 atom stereocenters. The topological polar surface area (TPSA) is 160 Å². The van der Waals surface area contributed by atoms with Crippen LogP contribution in [0, 0.1) is 12.1 Å². The number of nitrogens with one attached hydrogen (secondary N) is 3. The van der Waals surface area contributed by atoms with Gasteiger partial charge in [-0.3, -0.25) is 23.2 Å². The van der Waals surface area contributed by atoms with Crippen LogP contribution in [0.3, 0.4) is 0 Å². The highest BCUT2D eigenvalue weighted by molar-refractivity contribution is 7.86. The second-order valence-electron chi connectivity index (χ2n) is 9.20. The number of rotatable bonds is 12. The highest BCUT2D eigenvalue weighted by Gasteiger charge is 2.21. The van der Waals surface area contributed by atoms with Crippen molar-refractivity contribution in [2.45, 2.75) is 18.4 Å². The summed E-state index contributed by atoms with van der Waals surface area (Å²) < 4.78 is 56.4. The molecule has 0 radical (unpaired) electrons. The molecule has 11 nitrogen and oxygen atoms in total. The van der Waals surface area contributed by atoms with Gasteiger partial charge in [-0.2, -0.15) is 8.42 Å². The minimum atomic E-state index is -4.38. The van der Waals surface area contributed by atoms with Gasteiger partial charge in [0.15, 0.2) is 0 Å².